The van der Waals surface area contributed by atoms with Crippen molar-refractivity contribution in [3.63, 3.8) is 0 Å². The largest absolute Gasteiger partial charge is 0.355 e. The topological polar surface area (TPSA) is 41.5 Å². The van der Waals surface area contributed by atoms with Crippen molar-refractivity contribution in [2.24, 2.45) is 4.99 Å². The van der Waals surface area contributed by atoms with Crippen LogP contribution in [0.2, 0.25) is 0 Å². The Labute approximate surface area is 87.0 Å². The van der Waals surface area contributed by atoms with Gasteiger partial charge in [0.1, 0.15) is 5.82 Å². The molecule has 0 aromatic heterocycles. The normalized spacial score (nSPS) is 19.0. The van der Waals surface area contributed by atoms with Crippen LogP contribution in [0.1, 0.15) is 12.8 Å². The molecule has 3 nitrogen and oxygen atoms in total. The van der Waals surface area contributed by atoms with Gasteiger partial charge in [0.05, 0.1) is 12.1 Å². The average Bonchev–Trinajstić information content (AvgIpc) is 2.17. The van der Waals surface area contributed by atoms with E-state index >= 15 is 0 Å². The third-order valence-electron chi connectivity index (χ3n) is 2.20. The Hall–Kier alpha value is -1.71. The molecule has 15 heavy (non-hydrogen) atoms. The maximum absolute atomic E-state index is 12.8. The zero-order valence-corrected chi connectivity index (χ0v) is 8.16. The molecule has 0 bridgehead atoms. The molecule has 0 atom stereocenters. The van der Waals surface area contributed by atoms with Crippen LogP contribution in [0.15, 0.2) is 29.3 Å². The van der Waals surface area contributed by atoms with Crippen LogP contribution in [0.4, 0.5) is 10.1 Å². The first-order chi connectivity index (χ1) is 7.24. The number of halogens is 1. The quantitative estimate of drug-likeness (QED) is 0.748. The Morgan fingerprint density at radius 1 is 1.40 bits per heavy atom. The van der Waals surface area contributed by atoms with Crippen LogP contribution in [0.5, 0.6) is 0 Å². The second-order valence-corrected chi connectivity index (χ2v) is 3.43. The lowest BCUT2D eigenvalue weighted by Crippen LogP contribution is -2.33. The highest BCUT2D eigenvalue weighted by Crippen LogP contribution is 2.15. The standard InChI is InChI=1S/C11H11FN2O/c12-8-2-1-3-9(6-8)14-10-4-5-13-11(15)7-10/h1-3,6H,4-5,7H2,(H,13,15). The van der Waals surface area contributed by atoms with Crippen LogP contribution in [-0.4, -0.2) is 18.2 Å². The van der Waals surface area contributed by atoms with E-state index < -0.39 is 0 Å². The van der Waals surface area contributed by atoms with Gasteiger partial charge >= 0.3 is 0 Å². The molecular weight excluding hydrogens is 195 g/mol. The van der Waals surface area contributed by atoms with E-state index in [0.29, 0.717) is 18.7 Å². The van der Waals surface area contributed by atoms with E-state index in [9.17, 15) is 9.18 Å². The number of piperidine rings is 1. The van der Waals surface area contributed by atoms with Gasteiger partial charge in [0.25, 0.3) is 0 Å². The monoisotopic (exact) mass is 206 g/mol. The summed E-state index contributed by atoms with van der Waals surface area (Å²) < 4.78 is 12.8. The SMILES string of the molecule is O=C1CC(=Nc2cccc(F)c2)CCN1. The molecule has 0 radical (unpaired) electrons. The maximum atomic E-state index is 12.8. The summed E-state index contributed by atoms with van der Waals surface area (Å²) in [6, 6.07) is 6.07. The summed E-state index contributed by atoms with van der Waals surface area (Å²) in [5.41, 5.74) is 1.38. The van der Waals surface area contributed by atoms with Crippen LogP contribution in [0.25, 0.3) is 0 Å². The van der Waals surface area contributed by atoms with E-state index in [4.69, 9.17) is 0 Å². The average molecular weight is 206 g/mol. The molecule has 0 aliphatic carbocycles. The number of hydrogen-bond acceptors (Lipinski definition) is 2. The first-order valence-electron chi connectivity index (χ1n) is 4.83. The Kier molecular flexibility index (Phi) is 2.76. The van der Waals surface area contributed by atoms with Gasteiger partial charge < -0.3 is 5.32 Å². The van der Waals surface area contributed by atoms with E-state index in [0.717, 1.165) is 12.1 Å². The van der Waals surface area contributed by atoms with Crippen molar-refractivity contribution in [1.29, 1.82) is 0 Å². The van der Waals surface area contributed by atoms with Gasteiger partial charge in [-0.25, -0.2) is 4.39 Å². The molecular formula is C11H11FN2O. The molecule has 4 heteroatoms. The predicted octanol–water partition coefficient (Wildman–Crippen LogP) is 1.81. The zero-order chi connectivity index (χ0) is 10.7. The molecule has 1 aliphatic heterocycles. The van der Waals surface area contributed by atoms with Gasteiger partial charge in [-0.15, -0.1) is 0 Å². The fourth-order valence-corrected chi connectivity index (χ4v) is 1.51. The minimum absolute atomic E-state index is 0.0172. The summed E-state index contributed by atoms with van der Waals surface area (Å²) in [7, 11) is 0. The first kappa shape index (κ1) is 9.83. The van der Waals surface area contributed by atoms with Crippen molar-refractivity contribution in [3.05, 3.63) is 30.1 Å². The Morgan fingerprint density at radius 2 is 2.27 bits per heavy atom. The second-order valence-electron chi connectivity index (χ2n) is 3.43. The van der Waals surface area contributed by atoms with Gasteiger partial charge in [0, 0.05) is 18.7 Å². The lowest BCUT2D eigenvalue weighted by atomic mass is 10.1. The molecule has 0 unspecified atom stereocenters. The minimum atomic E-state index is -0.308. The number of benzene rings is 1. The molecule has 1 heterocycles. The Morgan fingerprint density at radius 3 is 3.00 bits per heavy atom. The van der Waals surface area contributed by atoms with E-state index in [1.54, 1.807) is 12.1 Å². The molecule has 78 valence electrons. The van der Waals surface area contributed by atoms with Crippen LogP contribution in [-0.2, 0) is 4.79 Å². The highest BCUT2D eigenvalue weighted by Gasteiger charge is 2.13. The molecule has 1 aromatic carbocycles. The second kappa shape index (κ2) is 4.21. The molecule has 1 aliphatic rings. The van der Waals surface area contributed by atoms with Gasteiger partial charge in [0.15, 0.2) is 0 Å². The smallest absolute Gasteiger partial charge is 0.225 e. The lowest BCUT2D eigenvalue weighted by Gasteiger charge is -2.13. The highest BCUT2D eigenvalue weighted by atomic mass is 19.1. The number of aliphatic imine (C=N–C) groups is 1. The highest BCUT2D eigenvalue weighted by molar-refractivity contribution is 6.04. The fraction of sp³-hybridized carbons (Fsp3) is 0.273. The van der Waals surface area contributed by atoms with Crippen molar-refractivity contribution in [1.82, 2.24) is 5.32 Å². The summed E-state index contributed by atoms with van der Waals surface area (Å²) in [5.74, 6) is -0.325. The first-order valence-corrected chi connectivity index (χ1v) is 4.83. The molecule has 1 saturated heterocycles. The Bertz CT molecular complexity index is 415. The van der Waals surface area contributed by atoms with E-state index in [1.807, 2.05) is 0 Å². The van der Waals surface area contributed by atoms with E-state index in [2.05, 4.69) is 10.3 Å². The number of amides is 1. The molecule has 1 amide bonds. The van der Waals surface area contributed by atoms with E-state index in [-0.39, 0.29) is 11.7 Å². The lowest BCUT2D eigenvalue weighted by molar-refractivity contribution is -0.120. The number of rotatable bonds is 1. The number of carbonyl (C=O) groups is 1. The molecule has 2 rings (SSSR count). The van der Waals surface area contributed by atoms with Gasteiger partial charge in [-0.1, -0.05) is 6.07 Å². The van der Waals surface area contributed by atoms with Gasteiger partial charge in [-0.3, -0.25) is 9.79 Å². The number of hydrogen-bond donors (Lipinski definition) is 1. The molecule has 1 N–H and O–H groups in total. The van der Waals surface area contributed by atoms with Crippen LogP contribution < -0.4 is 5.32 Å². The molecule has 1 fully saturated rings. The molecule has 0 saturated carbocycles. The van der Waals surface area contributed by atoms with Crippen LogP contribution in [0, 0.1) is 5.82 Å². The number of nitrogens with zero attached hydrogens (tertiary/aromatic N) is 1. The van der Waals surface area contributed by atoms with Crippen LogP contribution in [0.3, 0.4) is 0 Å². The number of carbonyl (C=O) groups excluding carboxylic acids is 1. The third-order valence-corrected chi connectivity index (χ3v) is 2.20. The van der Waals surface area contributed by atoms with Crippen molar-refractivity contribution >= 4 is 17.3 Å². The summed E-state index contributed by atoms with van der Waals surface area (Å²) in [6.07, 6.45) is 1.05. The van der Waals surface area contributed by atoms with Crippen molar-refractivity contribution in [3.8, 4) is 0 Å². The van der Waals surface area contributed by atoms with Crippen molar-refractivity contribution < 1.29 is 9.18 Å². The summed E-state index contributed by atoms with van der Waals surface area (Å²) >= 11 is 0. The van der Waals surface area contributed by atoms with Gasteiger partial charge in [-0.2, -0.15) is 0 Å². The zero-order valence-electron chi connectivity index (χ0n) is 8.16. The summed E-state index contributed by atoms with van der Waals surface area (Å²) in [6.45, 7) is 0.618. The number of nitrogens with one attached hydrogen (secondary N) is 1. The van der Waals surface area contributed by atoms with Gasteiger partial charge in [0.2, 0.25) is 5.91 Å². The minimum Gasteiger partial charge on any atom is -0.355 e. The fourth-order valence-electron chi connectivity index (χ4n) is 1.51. The van der Waals surface area contributed by atoms with Gasteiger partial charge in [-0.05, 0) is 18.2 Å². The summed E-state index contributed by atoms with van der Waals surface area (Å²) in [5, 5.41) is 2.72. The molecule has 1 aromatic rings. The van der Waals surface area contributed by atoms with E-state index in [1.165, 1.54) is 12.1 Å². The van der Waals surface area contributed by atoms with Crippen LogP contribution >= 0.6 is 0 Å². The van der Waals surface area contributed by atoms with Crippen molar-refractivity contribution in [2.75, 3.05) is 6.54 Å². The predicted molar refractivity (Wildman–Crippen MR) is 55.7 cm³/mol. The third kappa shape index (κ3) is 2.62. The van der Waals surface area contributed by atoms with Crippen molar-refractivity contribution in [2.45, 2.75) is 12.8 Å². The Balaban J connectivity index is 2.18. The summed E-state index contributed by atoms with van der Waals surface area (Å²) in [4.78, 5) is 15.3. The maximum Gasteiger partial charge on any atom is 0.225 e. The molecule has 0 spiro atoms.